The molecular formula is C14H22O3S. The summed E-state index contributed by atoms with van der Waals surface area (Å²) in [5.41, 5.74) is 0.782. The van der Waals surface area contributed by atoms with Crippen molar-refractivity contribution in [2.24, 2.45) is 0 Å². The van der Waals surface area contributed by atoms with Crippen LogP contribution in [-0.2, 0) is 6.61 Å². The number of thioether (sulfide) groups is 1. The van der Waals surface area contributed by atoms with E-state index in [0.717, 1.165) is 23.5 Å². The topological polar surface area (TPSA) is 38.7 Å². The van der Waals surface area contributed by atoms with Gasteiger partial charge in [-0.05, 0) is 30.9 Å². The molecule has 4 heteroatoms. The Morgan fingerprint density at radius 1 is 1.22 bits per heavy atom. The second kappa shape index (κ2) is 9.11. The Bertz CT molecular complexity index is 342. The molecule has 0 unspecified atom stereocenters. The van der Waals surface area contributed by atoms with E-state index in [0.29, 0.717) is 24.7 Å². The summed E-state index contributed by atoms with van der Waals surface area (Å²) in [7, 11) is 0. The van der Waals surface area contributed by atoms with E-state index < -0.39 is 0 Å². The van der Waals surface area contributed by atoms with E-state index in [1.165, 1.54) is 0 Å². The number of rotatable bonds is 9. The van der Waals surface area contributed by atoms with Gasteiger partial charge in [0.2, 0.25) is 0 Å². The Morgan fingerprint density at radius 2 is 2.06 bits per heavy atom. The average Bonchev–Trinajstić information content (AvgIpc) is 2.40. The fraction of sp³-hybridized carbons (Fsp3) is 0.571. The molecular weight excluding hydrogens is 248 g/mol. The summed E-state index contributed by atoms with van der Waals surface area (Å²) in [5, 5.41) is 9.31. The molecule has 0 aliphatic heterocycles. The summed E-state index contributed by atoms with van der Waals surface area (Å²) < 4.78 is 11.3. The number of aliphatic hydroxyl groups is 1. The van der Waals surface area contributed by atoms with Gasteiger partial charge in [-0.1, -0.05) is 19.1 Å². The van der Waals surface area contributed by atoms with Crippen molar-refractivity contribution in [3.05, 3.63) is 23.8 Å². The molecule has 0 fully saturated rings. The summed E-state index contributed by atoms with van der Waals surface area (Å²) >= 11 is 1.91. The Hall–Kier alpha value is -0.870. The highest BCUT2D eigenvalue weighted by Gasteiger charge is 2.10. The van der Waals surface area contributed by atoms with Crippen LogP contribution in [0.4, 0.5) is 0 Å². The summed E-state index contributed by atoms with van der Waals surface area (Å²) in [5.74, 6) is 3.63. The van der Waals surface area contributed by atoms with Crippen LogP contribution >= 0.6 is 11.8 Å². The molecule has 0 radical (unpaired) electrons. The molecule has 0 bridgehead atoms. The maximum atomic E-state index is 9.31. The molecule has 102 valence electrons. The highest BCUT2D eigenvalue weighted by Crippen LogP contribution is 2.31. The zero-order valence-corrected chi connectivity index (χ0v) is 12.0. The van der Waals surface area contributed by atoms with Crippen LogP contribution in [-0.4, -0.2) is 29.8 Å². The Kier molecular flexibility index (Phi) is 7.69. The maximum absolute atomic E-state index is 9.31. The molecule has 0 amide bonds. The van der Waals surface area contributed by atoms with Crippen molar-refractivity contribution < 1.29 is 14.6 Å². The van der Waals surface area contributed by atoms with Gasteiger partial charge in [-0.25, -0.2) is 0 Å². The van der Waals surface area contributed by atoms with Crippen molar-refractivity contribution in [1.82, 2.24) is 0 Å². The minimum absolute atomic E-state index is 0.0278. The smallest absolute Gasteiger partial charge is 0.166 e. The lowest BCUT2D eigenvalue weighted by Crippen LogP contribution is -2.04. The summed E-state index contributed by atoms with van der Waals surface area (Å²) in [4.78, 5) is 0. The molecule has 1 rings (SSSR count). The van der Waals surface area contributed by atoms with E-state index in [1.807, 2.05) is 36.9 Å². The first kappa shape index (κ1) is 15.2. The molecule has 0 aromatic heterocycles. The van der Waals surface area contributed by atoms with Crippen LogP contribution in [0.5, 0.6) is 11.5 Å². The fourth-order valence-corrected chi connectivity index (χ4v) is 2.21. The maximum Gasteiger partial charge on any atom is 0.166 e. The summed E-state index contributed by atoms with van der Waals surface area (Å²) in [6.07, 6.45) is 1.00. The Balaban J connectivity index is 2.60. The molecule has 1 aromatic carbocycles. The van der Waals surface area contributed by atoms with Crippen molar-refractivity contribution in [3.8, 4) is 11.5 Å². The van der Waals surface area contributed by atoms with Crippen molar-refractivity contribution in [2.75, 3.05) is 24.7 Å². The molecule has 0 aliphatic rings. The molecule has 18 heavy (non-hydrogen) atoms. The van der Waals surface area contributed by atoms with Crippen LogP contribution in [0.1, 0.15) is 25.8 Å². The predicted octanol–water partition coefficient (Wildman–Crippen LogP) is 3.10. The molecule has 1 aromatic rings. The molecule has 0 saturated heterocycles. The zero-order chi connectivity index (χ0) is 13.2. The third-order valence-corrected chi connectivity index (χ3v) is 3.40. The van der Waals surface area contributed by atoms with E-state index in [9.17, 15) is 5.11 Å². The van der Waals surface area contributed by atoms with E-state index in [2.05, 4.69) is 6.92 Å². The van der Waals surface area contributed by atoms with Gasteiger partial charge in [-0.15, -0.1) is 0 Å². The zero-order valence-electron chi connectivity index (χ0n) is 11.1. The number of ether oxygens (including phenoxy) is 2. The van der Waals surface area contributed by atoms with Crippen LogP contribution in [0.25, 0.3) is 0 Å². The van der Waals surface area contributed by atoms with Gasteiger partial charge in [0.1, 0.15) is 0 Å². The van der Waals surface area contributed by atoms with Crippen LogP contribution in [0.3, 0.4) is 0 Å². The van der Waals surface area contributed by atoms with Gasteiger partial charge >= 0.3 is 0 Å². The number of benzene rings is 1. The number of para-hydroxylation sites is 1. The van der Waals surface area contributed by atoms with Crippen LogP contribution < -0.4 is 9.47 Å². The lowest BCUT2D eigenvalue weighted by molar-refractivity contribution is 0.249. The first-order valence-corrected chi connectivity index (χ1v) is 7.55. The van der Waals surface area contributed by atoms with Gasteiger partial charge in [0.05, 0.1) is 19.8 Å². The second-order valence-corrected chi connectivity index (χ2v) is 5.13. The Morgan fingerprint density at radius 3 is 2.72 bits per heavy atom. The van der Waals surface area contributed by atoms with Gasteiger partial charge in [-0.3, -0.25) is 0 Å². The van der Waals surface area contributed by atoms with Crippen molar-refractivity contribution in [2.45, 2.75) is 26.9 Å². The molecule has 0 saturated carbocycles. The lowest BCUT2D eigenvalue weighted by atomic mass is 10.2. The number of hydrogen-bond acceptors (Lipinski definition) is 4. The molecule has 0 spiro atoms. The van der Waals surface area contributed by atoms with Crippen LogP contribution in [0, 0.1) is 0 Å². The standard InChI is InChI=1S/C14H22O3S/c1-3-16-13-8-5-7-12(11-15)14(13)17-9-6-10-18-4-2/h5,7-8,15H,3-4,6,9-11H2,1-2H3. The number of hydrogen-bond donors (Lipinski definition) is 1. The summed E-state index contributed by atoms with van der Waals surface area (Å²) in [6.45, 7) is 5.31. The predicted molar refractivity (Wildman–Crippen MR) is 76.6 cm³/mol. The van der Waals surface area contributed by atoms with E-state index in [-0.39, 0.29) is 6.61 Å². The normalized spacial score (nSPS) is 10.4. The largest absolute Gasteiger partial charge is 0.490 e. The fourth-order valence-electron chi connectivity index (χ4n) is 1.60. The minimum Gasteiger partial charge on any atom is -0.490 e. The highest BCUT2D eigenvalue weighted by atomic mass is 32.2. The second-order valence-electron chi connectivity index (χ2n) is 3.73. The van der Waals surface area contributed by atoms with E-state index in [1.54, 1.807) is 0 Å². The minimum atomic E-state index is -0.0278. The van der Waals surface area contributed by atoms with Crippen molar-refractivity contribution in [1.29, 1.82) is 0 Å². The molecule has 0 heterocycles. The molecule has 0 atom stereocenters. The quantitative estimate of drug-likeness (QED) is 0.700. The Labute approximate surface area is 113 Å². The van der Waals surface area contributed by atoms with Gasteiger partial charge < -0.3 is 14.6 Å². The summed E-state index contributed by atoms with van der Waals surface area (Å²) in [6, 6.07) is 5.60. The van der Waals surface area contributed by atoms with Crippen LogP contribution in [0.2, 0.25) is 0 Å². The van der Waals surface area contributed by atoms with E-state index >= 15 is 0 Å². The SMILES string of the molecule is CCOc1cccc(CO)c1OCCCSCC. The third-order valence-electron chi connectivity index (χ3n) is 2.41. The third kappa shape index (κ3) is 4.78. The monoisotopic (exact) mass is 270 g/mol. The van der Waals surface area contributed by atoms with Crippen LogP contribution in [0.15, 0.2) is 18.2 Å². The average molecular weight is 270 g/mol. The van der Waals surface area contributed by atoms with Crippen molar-refractivity contribution in [3.63, 3.8) is 0 Å². The van der Waals surface area contributed by atoms with E-state index in [4.69, 9.17) is 9.47 Å². The molecule has 1 N–H and O–H groups in total. The number of aliphatic hydroxyl groups excluding tert-OH is 1. The van der Waals surface area contributed by atoms with Gasteiger partial charge in [0.15, 0.2) is 11.5 Å². The van der Waals surface area contributed by atoms with Gasteiger partial charge in [0, 0.05) is 5.56 Å². The molecule has 3 nitrogen and oxygen atoms in total. The highest BCUT2D eigenvalue weighted by molar-refractivity contribution is 7.99. The first-order valence-electron chi connectivity index (χ1n) is 6.39. The lowest BCUT2D eigenvalue weighted by Gasteiger charge is -2.14. The first-order chi connectivity index (χ1) is 8.83. The van der Waals surface area contributed by atoms with Crippen molar-refractivity contribution >= 4 is 11.8 Å². The van der Waals surface area contributed by atoms with Gasteiger partial charge in [-0.2, -0.15) is 11.8 Å². The van der Waals surface area contributed by atoms with Gasteiger partial charge in [0.25, 0.3) is 0 Å². The molecule has 0 aliphatic carbocycles.